The number of benzene rings is 4. The second-order valence-corrected chi connectivity index (χ2v) is 14.6. The molecule has 55 heavy (non-hydrogen) atoms. The van der Waals surface area contributed by atoms with Crippen LogP contribution in [0.5, 0.6) is 0 Å². The van der Waals surface area contributed by atoms with Gasteiger partial charge in [-0.25, -0.2) is 0 Å². The van der Waals surface area contributed by atoms with Crippen molar-refractivity contribution in [1.82, 2.24) is 10.2 Å². The topological polar surface area (TPSA) is 125 Å². The summed E-state index contributed by atoms with van der Waals surface area (Å²) >= 11 is 0. The van der Waals surface area contributed by atoms with Crippen molar-refractivity contribution < 1.29 is 33.8 Å². The average molecular weight is 742 g/mol. The van der Waals surface area contributed by atoms with Crippen LogP contribution in [0, 0.1) is 11.8 Å². The van der Waals surface area contributed by atoms with Crippen LogP contribution in [-0.2, 0) is 28.7 Å². The van der Waals surface area contributed by atoms with Crippen molar-refractivity contribution in [2.45, 2.75) is 68.5 Å². The summed E-state index contributed by atoms with van der Waals surface area (Å²) in [4.78, 5) is 60.8. The highest BCUT2D eigenvalue weighted by atomic mass is 16.6. The van der Waals surface area contributed by atoms with Gasteiger partial charge in [-0.1, -0.05) is 103 Å². The van der Waals surface area contributed by atoms with Crippen molar-refractivity contribution in [2.24, 2.45) is 11.8 Å². The van der Waals surface area contributed by atoms with Crippen molar-refractivity contribution in [3.05, 3.63) is 140 Å². The molecule has 3 heterocycles. The molecule has 8 atom stereocenters. The molecule has 4 aromatic carbocycles. The number of amides is 3. The van der Waals surface area contributed by atoms with Crippen LogP contribution in [0.1, 0.15) is 55.9 Å². The Morgan fingerprint density at radius 2 is 1.64 bits per heavy atom. The van der Waals surface area contributed by atoms with E-state index in [2.05, 4.69) is 18.5 Å². The second-order valence-electron chi connectivity index (χ2n) is 14.6. The van der Waals surface area contributed by atoms with Crippen LogP contribution in [0.2, 0.25) is 0 Å². The summed E-state index contributed by atoms with van der Waals surface area (Å²) in [6.07, 6.45) is 3.28. The Hall–Kier alpha value is -5.58. The van der Waals surface area contributed by atoms with Crippen LogP contribution in [0.3, 0.4) is 0 Å². The van der Waals surface area contributed by atoms with Gasteiger partial charge in [-0.05, 0) is 60.2 Å². The molecule has 3 fully saturated rings. The molecule has 1 spiro atoms. The number of nitrogens with one attached hydrogen (secondary N) is 1. The van der Waals surface area contributed by atoms with Gasteiger partial charge in [0.2, 0.25) is 11.8 Å². The maximum atomic E-state index is 15.3. The molecule has 3 saturated heterocycles. The zero-order valence-corrected chi connectivity index (χ0v) is 31.0. The number of carbonyl (C=O) groups excluding carboxylic acids is 4. The number of allylic oxidation sites excluding steroid dienone is 1. The predicted molar refractivity (Wildman–Crippen MR) is 210 cm³/mol. The van der Waals surface area contributed by atoms with Crippen molar-refractivity contribution in [3.8, 4) is 0 Å². The molecule has 0 aliphatic carbocycles. The maximum Gasteiger partial charge on any atom is 0.313 e. The third kappa shape index (κ3) is 6.96. The minimum absolute atomic E-state index is 0.148. The molecule has 4 aromatic rings. The van der Waals surface area contributed by atoms with Crippen LogP contribution in [-0.4, -0.2) is 70.6 Å². The van der Waals surface area contributed by atoms with Gasteiger partial charge in [0.15, 0.2) is 0 Å². The largest absolute Gasteiger partial charge is 0.455 e. The number of aliphatic hydroxyl groups excluding tert-OH is 1. The standard InChI is InChI=1S/C45H47N3O7/c1-4-6-21-37(50)46-29(3)40(32-18-11-8-12-19-32)54-44(53)38-36-24-25-45(55-36)39(38)42(51)48(35(28-49)31-16-9-7-10-17-31)41(45)43(52)47(26-5-2)34-23-22-30-15-13-14-20-33(30)27-34/h4-5,7-20,22-23,27,29,35-36,38-41,49H,1-2,6,21,24-26,28H2,3H3,(H,46,50)/t29-,35-,36+,38-,39-,40-,41+,45-/m1/s1. The minimum Gasteiger partial charge on any atom is -0.455 e. The number of nitrogens with zero attached hydrogens (tertiary/aromatic N) is 2. The van der Waals surface area contributed by atoms with Crippen molar-refractivity contribution in [3.63, 3.8) is 0 Å². The Kier molecular flexibility index (Phi) is 11.0. The molecule has 284 valence electrons. The van der Waals surface area contributed by atoms with E-state index in [-0.39, 0.29) is 18.9 Å². The van der Waals surface area contributed by atoms with Gasteiger partial charge in [0, 0.05) is 18.7 Å². The van der Waals surface area contributed by atoms with Crippen molar-refractivity contribution in [1.29, 1.82) is 0 Å². The van der Waals surface area contributed by atoms with E-state index >= 15 is 9.59 Å². The molecule has 10 heteroatoms. The quantitative estimate of drug-likeness (QED) is 0.110. The summed E-state index contributed by atoms with van der Waals surface area (Å²) in [5.74, 6) is -3.78. The first kappa shape index (κ1) is 37.7. The molecule has 7 rings (SSSR count). The first-order valence-electron chi connectivity index (χ1n) is 18.9. The van der Waals surface area contributed by atoms with E-state index in [0.717, 1.165) is 10.8 Å². The molecule has 2 N–H and O–H groups in total. The summed E-state index contributed by atoms with van der Waals surface area (Å²) in [7, 11) is 0. The van der Waals surface area contributed by atoms with Gasteiger partial charge in [-0.15, -0.1) is 13.2 Å². The van der Waals surface area contributed by atoms with Gasteiger partial charge >= 0.3 is 5.97 Å². The monoisotopic (exact) mass is 741 g/mol. The summed E-state index contributed by atoms with van der Waals surface area (Å²) in [5.41, 5.74) is 0.577. The average Bonchev–Trinajstić information content (AvgIpc) is 3.86. The zero-order valence-electron chi connectivity index (χ0n) is 31.0. The Morgan fingerprint density at radius 3 is 2.31 bits per heavy atom. The molecule has 2 bridgehead atoms. The molecular weight excluding hydrogens is 695 g/mol. The number of hydrogen-bond donors (Lipinski definition) is 2. The van der Waals surface area contributed by atoms with E-state index < -0.39 is 72.2 Å². The lowest BCUT2D eigenvalue weighted by molar-refractivity contribution is -0.162. The van der Waals surface area contributed by atoms with Crippen molar-refractivity contribution in [2.75, 3.05) is 18.1 Å². The second kappa shape index (κ2) is 16.0. The van der Waals surface area contributed by atoms with Crippen LogP contribution in [0.25, 0.3) is 10.8 Å². The van der Waals surface area contributed by atoms with E-state index in [4.69, 9.17) is 9.47 Å². The lowest BCUT2D eigenvalue weighted by Crippen LogP contribution is -2.57. The van der Waals surface area contributed by atoms with Crippen LogP contribution in [0.4, 0.5) is 5.69 Å². The van der Waals surface area contributed by atoms with E-state index in [0.29, 0.717) is 36.1 Å². The van der Waals surface area contributed by atoms with E-state index in [1.165, 1.54) is 4.90 Å². The molecular formula is C45H47N3O7. The lowest BCUT2D eigenvalue weighted by Gasteiger charge is -2.39. The predicted octanol–water partition coefficient (Wildman–Crippen LogP) is 6.22. The van der Waals surface area contributed by atoms with Gasteiger partial charge in [0.1, 0.15) is 17.7 Å². The molecule has 10 nitrogen and oxygen atoms in total. The number of likely N-dealkylation sites (tertiary alicyclic amines) is 1. The maximum absolute atomic E-state index is 15.3. The smallest absolute Gasteiger partial charge is 0.313 e. The Balaban J connectivity index is 1.27. The number of esters is 1. The lowest BCUT2D eigenvalue weighted by atomic mass is 9.70. The summed E-state index contributed by atoms with van der Waals surface area (Å²) in [6, 6.07) is 29.2. The normalized spacial score (nSPS) is 24.1. The number of ether oxygens (including phenoxy) is 2. The van der Waals surface area contributed by atoms with Crippen molar-refractivity contribution >= 4 is 40.2 Å². The summed E-state index contributed by atoms with van der Waals surface area (Å²) < 4.78 is 13.1. The SMILES string of the molecule is C=CCCC(=O)N[C@H](C)[C@@H](OC(=O)[C@@H]1[C@@H]2CC[C@]3(O2)[C@H](C(=O)N(CC=C)c2ccc4ccccc4c2)N([C@H](CO)c2ccccc2)C(=O)[C@@H]13)c1ccccc1. The molecule has 3 aliphatic rings. The van der Waals surface area contributed by atoms with Gasteiger partial charge in [-0.3, -0.25) is 19.2 Å². The molecule has 0 unspecified atom stereocenters. The first-order valence-corrected chi connectivity index (χ1v) is 18.9. The number of fused-ring (bicyclic) bond motifs is 2. The third-order valence-electron chi connectivity index (χ3n) is 11.3. The van der Waals surface area contributed by atoms with Gasteiger partial charge in [0.05, 0.1) is 36.6 Å². The number of hydrogen-bond acceptors (Lipinski definition) is 7. The number of carbonyl (C=O) groups is 4. The molecule has 3 aliphatic heterocycles. The Bertz CT molecular complexity index is 2070. The molecule has 0 radical (unpaired) electrons. The number of aliphatic hydroxyl groups is 1. The molecule has 0 aromatic heterocycles. The van der Waals surface area contributed by atoms with E-state index in [1.54, 1.807) is 24.0 Å². The minimum atomic E-state index is -1.37. The van der Waals surface area contributed by atoms with Crippen LogP contribution < -0.4 is 10.2 Å². The highest BCUT2D eigenvalue weighted by molar-refractivity contribution is 6.05. The summed E-state index contributed by atoms with van der Waals surface area (Å²) in [6.45, 7) is 9.10. The fourth-order valence-corrected chi connectivity index (χ4v) is 8.89. The number of anilines is 1. The zero-order chi connectivity index (χ0) is 38.7. The van der Waals surface area contributed by atoms with Crippen LogP contribution in [0.15, 0.2) is 128 Å². The molecule has 3 amide bonds. The molecule has 0 saturated carbocycles. The third-order valence-corrected chi connectivity index (χ3v) is 11.3. The first-order chi connectivity index (χ1) is 26.7. The van der Waals surface area contributed by atoms with Gasteiger partial charge < -0.3 is 29.7 Å². The van der Waals surface area contributed by atoms with E-state index in [9.17, 15) is 14.7 Å². The van der Waals surface area contributed by atoms with Crippen LogP contribution >= 0.6 is 0 Å². The van der Waals surface area contributed by atoms with Gasteiger partial charge in [0.25, 0.3) is 5.91 Å². The highest BCUT2D eigenvalue weighted by Gasteiger charge is 2.76. The fourth-order valence-electron chi connectivity index (χ4n) is 8.89. The van der Waals surface area contributed by atoms with E-state index in [1.807, 2.05) is 103 Å². The summed E-state index contributed by atoms with van der Waals surface area (Å²) in [5, 5.41) is 15.9. The van der Waals surface area contributed by atoms with Gasteiger partial charge in [-0.2, -0.15) is 0 Å². The number of rotatable bonds is 15. The Morgan fingerprint density at radius 1 is 0.964 bits per heavy atom. The Labute approximate surface area is 321 Å². The highest BCUT2D eigenvalue weighted by Crippen LogP contribution is 2.60. The fraction of sp³-hybridized carbons (Fsp3) is 0.333.